The van der Waals surface area contributed by atoms with Gasteiger partial charge in [-0.05, 0) is 0 Å². The van der Waals surface area contributed by atoms with E-state index in [1.54, 1.807) is 0 Å². The van der Waals surface area contributed by atoms with Crippen molar-refractivity contribution in [2.45, 2.75) is 0 Å². The van der Waals surface area contributed by atoms with Gasteiger partial charge in [0.25, 0.3) is 0 Å². The van der Waals surface area contributed by atoms with Crippen LogP contribution in [-0.4, -0.2) is 0 Å². The van der Waals surface area contributed by atoms with E-state index in [4.69, 9.17) is 0 Å². The Bertz CT molecular complexity index is 131. The van der Waals surface area contributed by atoms with E-state index >= 15 is 0 Å². The maximum Gasteiger partial charge on any atom is 0 e. The van der Waals surface area contributed by atoms with Crippen molar-refractivity contribution in [1.82, 2.24) is 0 Å². The molecule has 0 unspecified atom stereocenters. The first-order valence-electron chi connectivity index (χ1n) is 2.74. The van der Waals surface area contributed by atoms with Gasteiger partial charge in [-0.15, -0.1) is 0 Å². The molecule has 0 bridgehead atoms. The predicted molar refractivity (Wildman–Crippen MR) is 36.3 cm³/mol. The van der Waals surface area contributed by atoms with Crippen LogP contribution in [-0.2, 0) is 21.7 Å². The maximum absolute atomic E-state index is 3.60. The average molecular weight is 153 g/mol. The molecule has 0 spiro atoms. The molecule has 9 heavy (non-hydrogen) atoms. The smallest absolute Gasteiger partial charge is 0 e. The third-order valence-electron chi connectivity index (χ3n) is 1.14. The van der Waals surface area contributed by atoms with Gasteiger partial charge in [0, 0.05) is 21.7 Å². The molecule has 0 aromatic carbocycles. The Balaban J connectivity index is 0.000000640. The fraction of sp³-hybridized carbons (Fsp3) is 0.125. The van der Waals surface area contributed by atoms with Crippen LogP contribution >= 0.6 is 0 Å². The largest absolute Gasteiger partial charge is 0.245 e. The van der Waals surface area contributed by atoms with Gasteiger partial charge in [0.1, 0.15) is 0 Å². The van der Waals surface area contributed by atoms with Crippen LogP contribution < -0.4 is 0 Å². The fourth-order valence-corrected chi connectivity index (χ4v) is 0.734. The van der Waals surface area contributed by atoms with Crippen LogP contribution in [0.1, 0.15) is 0 Å². The van der Waals surface area contributed by atoms with Gasteiger partial charge in [0.05, 0.1) is 0 Å². The molecule has 0 nitrogen and oxygen atoms in total. The summed E-state index contributed by atoms with van der Waals surface area (Å²) in [6, 6.07) is 0. The molecule has 0 radical (unpaired) electrons. The minimum Gasteiger partial charge on any atom is -0.245 e. The van der Waals surface area contributed by atoms with E-state index in [0.717, 1.165) is 0 Å². The van der Waals surface area contributed by atoms with Crippen molar-refractivity contribution in [3.8, 4) is 0 Å². The van der Waals surface area contributed by atoms with Crippen LogP contribution in [0.3, 0.4) is 0 Å². The number of hydrogen-bond acceptors (Lipinski definition) is 0. The summed E-state index contributed by atoms with van der Waals surface area (Å²) in [4.78, 5) is 0. The normalized spacial score (nSPS) is 16.9. The molecule has 0 heterocycles. The van der Waals surface area contributed by atoms with E-state index in [9.17, 15) is 0 Å². The molecule has 0 atom stereocenters. The number of hydrogen-bond donors (Lipinski definition) is 0. The number of rotatable bonds is 1. The molecule has 0 aromatic heterocycles. The first-order valence-corrected chi connectivity index (χ1v) is 2.74. The molecule has 0 amide bonds. The summed E-state index contributed by atoms with van der Waals surface area (Å²) in [6.07, 6.45) is 12.2. The van der Waals surface area contributed by atoms with E-state index < -0.39 is 0 Å². The topological polar surface area (TPSA) is 0 Å². The summed E-state index contributed by atoms with van der Waals surface area (Å²) in [5, 5.41) is 0. The van der Waals surface area contributed by atoms with Gasteiger partial charge in [0.15, 0.2) is 0 Å². The first-order chi connectivity index (χ1) is 3.93. The molecule has 0 fully saturated rings. The van der Waals surface area contributed by atoms with Crippen molar-refractivity contribution in [3.63, 3.8) is 0 Å². The Kier molecular flexibility index (Phi) is 4.56. The molecule has 46 valence electrons. The molecule has 1 aliphatic rings. The molecular formula is C8H9Ti-. The molecule has 1 aliphatic carbocycles. The van der Waals surface area contributed by atoms with Gasteiger partial charge in [-0.25, -0.2) is 19.1 Å². The van der Waals surface area contributed by atoms with Crippen LogP contribution in [0.2, 0.25) is 0 Å². The molecule has 0 aromatic rings. The van der Waals surface area contributed by atoms with E-state index in [1.165, 1.54) is 0 Å². The van der Waals surface area contributed by atoms with Crippen molar-refractivity contribution >= 4 is 0 Å². The third-order valence-corrected chi connectivity index (χ3v) is 1.14. The average Bonchev–Trinajstić information content (AvgIpc) is 2.19. The van der Waals surface area contributed by atoms with E-state index in [0.29, 0.717) is 5.92 Å². The Labute approximate surface area is 71.2 Å². The quantitative estimate of drug-likeness (QED) is 0.399. The molecule has 0 saturated heterocycles. The molecule has 0 saturated carbocycles. The van der Waals surface area contributed by atoms with E-state index in [2.05, 4.69) is 25.2 Å². The van der Waals surface area contributed by atoms with E-state index in [-0.39, 0.29) is 21.7 Å². The van der Waals surface area contributed by atoms with Gasteiger partial charge >= 0.3 is 0 Å². The van der Waals surface area contributed by atoms with Gasteiger partial charge in [-0.2, -0.15) is 0 Å². The van der Waals surface area contributed by atoms with Crippen molar-refractivity contribution < 1.29 is 21.7 Å². The molecule has 0 aliphatic heterocycles. The monoisotopic (exact) mass is 153 g/mol. The van der Waals surface area contributed by atoms with Crippen molar-refractivity contribution in [3.05, 3.63) is 43.4 Å². The predicted octanol–water partition coefficient (Wildman–Crippen LogP) is 2.12. The fourth-order valence-electron chi connectivity index (χ4n) is 0.734. The first kappa shape index (κ1) is 8.80. The second kappa shape index (κ2) is 4.66. The summed E-state index contributed by atoms with van der Waals surface area (Å²) in [5.74, 6) is 0.507. The zero-order valence-electron chi connectivity index (χ0n) is 5.25. The van der Waals surface area contributed by atoms with Crippen molar-refractivity contribution in [2.75, 3.05) is 0 Å². The maximum atomic E-state index is 3.60. The van der Waals surface area contributed by atoms with Crippen LogP contribution in [0.25, 0.3) is 0 Å². The standard InChI is InChI=1S/C8H9.Ti/c1-2-5-8-6-3-4-7-8;/h2-8H,1H2;/q-1;. The second-order valence-electron chi connectivity index (χ2n) is 1.78. The van der Waals surface area contributed by atoms with Crippen LogP contribution in [0.5, 0.6) is 0 Å². The summed E-state index contributed by atoms with van der Waals surface area (Å²) in [5.41, 5.74) is 0. The summed E-state index contributed by atoms with van der Waals surface area (Å²) in [7, 11) is 0. The third kappa shape index (κ3) is 2.74. The van der Waals surface area contributed by atoms with Gasteiger partial charge in [-0.3, -0.25) is 0 Å². The summed E-state index contributed by atoms with van der Waals surface area (Å²) >= 11 is 0. The Hall–Kier alpha value is -0.196. The Morgan fingerprint density at radius 3 is 2.22 bits per heavy atom. The SMILES string of the molecule is [CH2-]C=CC1C=CC=C1.[Ti]. The van der Waals surface area contributed by atoms with Gasteiger partial charge < -0.3 is 0 Å². The summed E-state index contributed by atoms with van der Waals surface area (Å²) < 4.78 is 0. The Morgan fingerprint density at radius 2 is 1.78 bits per heavy atom. The van der Waals surface area contributed by atoms with Gasteiger partial charge in [0.2, 0.25) is 0 Å². The van der Waals surface area contributed by atoms with E-state index in [1.807, 2.05) is 18.2 Å². The van der Waals surface area contributed by atoms with Crippen molar-refractivity contribution in [1.29, 1.82) is 0 Å². The zero-order valence-corrected chi connectivity index (χ0v) is 6.81. The number of allylic oxidation sites excluding steroid dienone is 6. The minimum absolute atomic E-state index is 0. The van der Waals surface area contributed by atoms with Crippen molar-refractivity contribution in [2.24, 2.45) is 5.92 Å². The van der Waals surface area contributed by atoms with Crippen LogP contribution in [0, 0.1) is 12.8 Å². The van der Waals surface area contributed by atoms with Crippen LogP contribution in [0.4, 0.5) is 0 Å². The summed E-state index contributed by atoms with van der Waals surface area (Å²) in [6.45, 7) is 3.60. The molecule has 0 N–H and O–H groups in total. The molecule has 1 rings (SSSR count). The second-order valence-corrected chi connectivity index (χ2v) is 1.78. The molecule has 1 heteroatoms. The zero-order chi connectivity index (χ0) is 5.82. The minimum atomic E-state index is 0. The Morgan fingerprint density at radius 1 is 1.22 bits per heavy atom. The van der Waals surface area contributed by atoms with Gasteiger partial charge in [-0.1, -0.05) is 30.2 Å². The molecular weight excluding hydrogens is 144 g/mol. The van der Waals surface area contributed by atoms with Crippen LogP contribution in [0.15, 0.2) is 36.5 Å².